The Labute approximate surface area is 173 Å². The van der Waals surface area contributed by atoms with Gasteiger partial charge in [-0.05, 0) is 29.8 Å². The smallest absolute Gasteiger partial charge is 0.170 e. The molecule has 0 amide bonds. The molecule has 1 atom stereocenters. The average molecular weight is 407 g/mol. The zero-order valence-corrected chi connectivity index (χ0v) is 17.1. The minimum absolute atomic E-state index is 0.0392. The van der Waals surface area contributed by atoms with Crippen molar-refractivity contribution in [1.29, 1.82) is 0 Å². The predicted octanol–water partition coefficient (Wildman–Crippen LogP) is 5.30. The third kappa shape index (κ3) is 4.18. The van der Waals surface area contributed by atoms with Crippen molar-refractivity contribution < 1.29 is 13.9 Å². The highest BCUT2D eigenvalue weighted by molar-refractivity contribution is 7.13. The molecular weight excluding hydrogens is 384 g/mol. The number of methoxy groups -OCH3 is 2. The van der Waals surface area contributed by atoms with Gasteiger partial charge in [0.05, 0.1) is 37.8 Å². The molecule has 4 rings (SSSR count). The number of thiazole rings is 1. The molecule has 2 aromatic heterocycles. The fraction of sp³-hybridized carbons (Fsp3) is 0.174. The van der Waals surface area contributed by atoms with Crippen LogP contribution in [0.4, 0.5) is 0 Å². The topological polar surface area (TPSA) is 56.5 Å². The number of nitrogens with zero attached hydrogens (tertiary/aromatic N) is 1. The molecule has 0 radical (unpaired) electrons. The van der Waals surface area contributed by atoms with Crippen molar-refractivity contribution in [3.8, 4) is 22.1 Å². The van der Waals surface area contributed by atoms with Crippen LogP contribution in [0.5, 0.6) is 11.5 Å². The van der Waals surface area contributed by atoms with E-state index in [4.69, 9.17) is 18.9 Å². The molecule has 1 N–H and O–H groups in total. The number of hydrogen-bond donors (Lipinski definition) is 1. The molecule has 0 aliphatic rings. The third-order valence-electron chi connectivity index (χ3n) is 4.63. The molecule has 5 nitrogen and oxygen atoms in total. The summed E-state index contributed by atoms with van der Waals surface area (Å²) >= 11 is 1.59. The fourth-order valence-corrected chi connectivity index (χ4v) is 4.10. The van der Waals surface area contributed by atoms with Crippen LogP contribution in [0.15, 0.2) is 76.7 Å². The van der Waals surface area contributed by atoms with E-state index in [0.717, 1.165) is 27.6 Å². The van der Waals surface area contributed by atoms with Crippen LogP contribution in [-0.2, 0) is 6.54 Å². The van der Waals surface area contributed by atoms with Gasteiger partial charge in [-0.25, -0.2) is 4.98 Å². The van der Waals surface area contributed by atoms with Crippen LogP contribution in [0.1, 0.15) is 23.1 Å². The largest absolute Gasteiger partial charge is 0.493 e. The fourth-order valence-electron chi connectivity index (χ4n) is 3.26. The van der Waals surface area contributed by atoms with Gasteiger partial charge in [0.25, 0.3) is 0 Å². The molecule has 0 aliphatic carbocycles. The molecular formula is C23H22N2O3S. The lowest BCUT2D eigenvalue weighted by Crippen LogP contribution is -2.21. The number of nitrogens with one attached hydrogen (secondary N) is 1. The molecule has 148 valence electrons. The Morgan fingerprint density at radius 2 is 1.86 bits per heavy atom. The minimum Gasteiger partial charge on any atom is -0.493 e. The minimum atomic E-state index is -0.0392. The van der Waals surface area contributed by atoms with E-state index in [1.807, 2.05) is 48.5 Å². The molecule has 0 unspecified atom stereocenters. The van der Waals surface area contributed by atoms with E-state index in [-0.39, 0.29) is 6.04 Å². The van der Waals surface area contributed by atoms with Crippen molar-refractivity contribution in [3.63, 3.8) is 0 Å². The van der Waals surface area contributed by atoms with Crippen LogP contribution in [0.2, 0.25) is 0 Å². The standard InChI is InChI=1S/C23H22N2O3S/c1-26-20-11-6-10-18(22(20)27-2)23-25-17(15-29-23)14-24-21(19-12-7-13-28-19)16-8-4-3-5-9-16/h3-13,15,21,24H,14H2,1-2H3/t21-/m0/s1. The molecule has 6 heteroatoms. The number of ether oxygens (including phenoxy) is 2. The van der Waals surface area contributed by atoms with Gasteiger partial charge >= 0.3 is 0 Å². The molecule has 2 aromatic carbocycles. The van der Waals surface area contributed by atoms with Crippen LogP contribution in [0.25, 0.3) is 10.6 Å². The molecule has 0 bridgehead atoms. The maximum atomic E-state index is 5.66. The predicted molar refractivity (Wildman–Crippen MR) is 114 cm³/mol. The van der Waals surface area contributed by atoms with Gasteiger partial charge in [0.15, 0.2) is 11.5 Å². The van der Waals surface area contributed by atoms with Crippen LogP contribution >= 0.6 is 11.3 Å². The van der Waals surface area contributed by atoms with Gasteiger partial charge in [0.2, 0.25) is 0 Å². The summed E-state index contributed by atoms with van der Waals surface area (Å²) in [6.45, 7) is 0.614. The van der Waals surface area contributed by atoms with Crippen LogP contribution < -0.4 is 14.8 Å². The Balaban J connectivity index is 1.55. The van der Waals surface area contributed by atoms with Gasteiger partial charge in [-0.15, -0.1) is 11.3 Å². The first-order chi connectivity index (χ1) is 14.3. The number of furan rings is 1. The first-order valence-electron chi connectivity index (χ1n) is 9.27. The SMILES string of the molecule is COc1cccc(-c2nc(CN[C@@H](c3ccccc3)c3ccco3)cs2)c1OC. The van der Waals surface area contributed by atoms with Crippen molar-refractivity contribution in [2.45, 2.75) is 12.6 Å². The summed E-state index contributed by atoms with van der Waals surface area (Å²) in [6, 6.07) is 19.9. The van der Waals surface area contributed by atoms with Crippen LogP contribution in [0, 0.1) is 0 Å². The van der Waals surface area contributed by atoms with E-state index < -0.39 is 0 Å². The second-order valence-electron chi connectivity index (χ2n) is 6.43. The van der Waals surface area contributed by atoms with Gasteiger partial charge in [0, 0.05) is 11.9 Å². The monoisotopic (exact) mass is 406 g/mol. The quantitative estimate of drug-likeness (QED) is 0.430. The molecule has 29 heavy (non-hydrogen) atoms. The lowest BCUT2D eigenvalue weighted by Gasteiger charge is -2.16. The van der Waals surface area contributed by atoms with Gasteiger partial charge in [0.1, 0.15) is 10.8 Å². The molecule has 0 fully saturated rings. The van der Waals surface area contributed by atoms with Crippen molar-refractivity contribution >= 4 is 11.3 Å². The van der Waals surface area contributed by atoms with Crippen LogP contribution in [-0.4, -0.2) is 19.2 Å². The van der Waals surface area contributed by atoms with E-state index in [2.05, 4.69) is 22.8 Å². The van der Waals surface area contributed by atoms with E-state index in [1.165, 1.54) is 0 Å². The summed E-state index contributed by atoms with van der Waals surface area (Å²) in [5.41, 5.74) is 3.03. The maximum Gasteiger partial charge on any atom is 0.170 e. The molecule has 0 spiro atoms. The second kappa shape index (κ2) is 8.94. The summed E-state index contributed by atoms with van der Waals surface area (Å²) in [7, 11) is 3.28. The first kappa shape index (κ1) is 19.2. The Morgan fingerprint density at radius 3 is 2.59 bits per heavy atom. The molecule has 4 aromatic rings. The summed E-state index contributed by atoms with van der Waals surface area (Å²) in [5.74, 6) is 2.27. The lowest BCUT2D eigenvalue weighted by atomic mass is 10.0. The van der Waals surface area contributed by atoms with Gasteiger partial charge in [-0.2, -0.15) is 0 Å². The van der Waals surface area contributed by atoms with E-state index in [0.29, 0.717) is 18.0 Å². The summed E-state index contributed by atoms with van der Waals surface area (Å²) in [6.07, 6.45) is 1.70. The summed E-state index contributed by atoms with van der Waals surface area (Å²) < 4.78 is 16.6. The maximum absolute atomic E-state index is 5.66. The normalized spacial score (nSPS) is 11.9. The second-order valence-corrected chi connectivity index (χ2v) is 7.28. The zero-order valence-electron chi connectivity index (χ0n) is 16.3. The van der Waals surface area contributed by atoms with Crippen molar-refractivity contribution in [2.75, 3.05) is 14.2 Å². The molecule has 0 saturated heterocycles. The molecule has 2 heterocycles. The lowest BCUT2D eigenvalue weighted by molar-refractivity contribution is 0.356. The third-order valence-corrected chi connectivity index (χ3v) is 5.56. The van der Waals surface area contributed by atoms with E-state index in [9.17, 15) is 0 Å². The van der Waals surface area contributed by atoms with Gasteiger partial charge < -0.3 is 13.9 Å². The Kier molecular flexibility index (Phi) is 5.93. The van der Waals surface area contributed by atoms with Crippen molar-refractivity contribution in [2.24, 2.45) is 0 Å². The van der Waals surface area contributed by atoms with Crippen molar-refractivity contribution in [1.82, 2.24) is 10.3 Å². The number of benzene rings is 2. The highest BCUT2D eigenvalue weighted by atomic mass is 32.1. The first-order valence-corrected chi connectivity index (χ1v) is 10.2. The van der Waals surface area contributed by atoms with Crippen LogP contribution in [0.3, 0.4) is 0 Å². The van der Waals surface area contributed by atoms with Gasteiger partial charge in [-0.1, -0.05) is 36.4 Å². The summed E-state index contributed by atoms with van der Waals surface area (Å²) in [5, 5.41) is 6.52. The number of rotatable bonds is 8. The van der Waals surface area contributed by atoms with Gasteiger partial charge in [-0.3, -0.25) is 5.32 Å². The number of aromatic nitrogens is 1. The Hall–Kier alpha value is -3.09. The van der Waals surface area contributed by atoms with Crippen molar-refractivity contribution in [3.05, 3.63) is 89.3 Å². The highest BCUT2D eigenvalue weighted by Gasteiger charge is 2.18. The van der Waals surface area contributed by atoms with E-state index in [1.54, 1.807) is 31.8 Å². The Morgan fingerprint density at radius 1 is 1.00 bits per heavy atom. The highest BCUT2D eigenvalue weighted by Crippen LogP contribution is 2.39. The Bertz CT molecular complexity index is 1050. The zero-order chi connectivity index (χ0) is 20.1. The molecule has 0 saturated carbocycles. The van der Waals surface area contributed by atoms with E-state index >= 15 is 0 Å². The summed E-state index contributed by atoms with van der Waals surface area (Å²) in [4.78, 5) is 4.80. The number of hydrogen-bond acceptors (Lipinski definition) is 6. The average Bonchev–Trinajstić information content (AvgIpc) is 3.46. The molecule has 0 aliphatic heterocycles. The number of para-hydroxylation sites is 1.